The molecule has 164 valence electrons. The zero-order valence-corrected chi connectivity index (χ0v) is 16.9. The number of hydrogen-bond donors (Lipinski definition) is 5. The molecule has 0 radical (unpaired) electrons. The molecule has 1 aliphatic rings. The first-order chi connectivity index (χ1) is 13.7. The Morgan fingerprint density at radius 1 is 1.40 bits per heavy atom. The summed E-state index contributed by atoms with van der Waals surface area (Å²) >= 11 is 0.910. The van der Waals surface area contributed by atoms with Gasteiger partial charge in [0.1, 0.15) is 11.7 Å². The van der Waals surface area contributed by atoms with E-state index in [1.807, 2.05) is 5.32 Å². The van der Waals surface area contributed by atoms with Crippen molar-refractivity contribution in [3.8, 4) is 0 Å². The molecule has 3 amide bonds. The number of anilines is 1. The van der Waals surface area contributed by atoms with Crippen LogP contribution in [0.15, 0.2) is 10.5 Å². The van der Waals surface area contributed by atoms with Gasteiger partial charge in [-0.05, 0) is 13.8 Å². The van der Waals surface area contributed by atoms with E-state index in [9.17, 15) is 27.6 Å². The molecule has 2 atom stereocenters. The lowest BCUT2D eigenvalue weighted by Crippen LogP contribution is -2.75. The number of nitrogens with zero attached hydrogens (tertiary/aromatic N) is 3. The molecule has 1 fully saturated rings. The third-order valence-electron chi connectivity index (χ3n) is 3.74. The molecule has 1 aliphatic heterocycles. The lowest BCUT2D eigenvalue weighted by molar-refractivity contribution is -0.161. The van der Waals surface area contributed by atoms with E-state index in [2.05, 4.69) is 10.1 Å². The number of oxime groups is 1. The second-order valence-electron chi connectivity index (χ2n) is 6.33. The van der Waals surface area contributed by atoms with Crippen molar-refractivity contribution in [3.05, 3.63) is 11.1 Å². The zero-order valence-electron chi connectivity index (χ0n) is 15.3. The number of nitrogens with one attached hydrogen (secondary N) is 1. The summed E-state index contributed by atoms with van der Waals surface area (Å²) in [6.07, 6.45) is 0. The fourth-order valence-corrected chi connectivity index (χ4v) is 3.55. The first-order valence-electron chi connectivity index (χ1n) is 7.78. The van der Waals surface area contributed by atoms with Crippen LogP contribution in [0.3, 0.4) is 0 Å². The van der Waals surface area contributed by atoms with Gasteiger partial charge in [-0.3, -0.25) is 18.9 Å². The van der Waals surface area contributed by atoms with E-state index in [-0.39, 0.29) is 15.1 Å². The molecule has 0 aliphatic carbocycles. The van der Waals surface area contributed by atoms with E-state index in [1.165, 1.54) is 5.38 Å². The highest BCUT2D eigenvalue weighted by Crippen LogP contribution is 2.24. The average molecular weight is 464 g/mol. The highest BCUT2D eigenvalue weighted by molar-refractivity contribution is 7.84. The number of aromatic nitrogens is 1. The lowest BCUT2D eigenvalue weighted by atomic mass is 9.98. The van der Waals surface area contributed by atoms with Gasteiger partial charge in [-0.2, -0.15) is 12.7 Å². The molecule has 0 saturated carbocycles. The van der Waals surface area contributed by atoms with Crippen LogP contribution in [-0.4, -0.2) is 74.5 Å². The summed E-state index contributed by atoms with van der Waals surface area (Å²) in [5.41, 5.74) is 7.94. The van der Waals surface area contributed by atoms with E-state index in [1.54, 1.807) is 0 Å². The van der Waals surface area contributed by atoms with Crippen molar-refractivity contribution >= 4 is 56.2 Å². The maximum Gasteiger partial charge on any atom is 0.363 e. The van der Waals surface area contributed by atoms with Gasteiger partial charge < -0.3 is 26.7 Å². The number of nitrogen functional groups attached to an aromatic ring is 1. The van der Waals surface area contributed by atoms with Crippen molar-refractivity contribution in [1.82, 2.24) is 14.6 Å². The summed E-state index contributed by atoms with van der Waals surface area (Å²) in [4.78, 5) is 56.0. The SMILES string of the molecule is CC(C)(ON=C(C(=O)N[C@@H]1C(=O)N(S(=O)(=O)O)[C@@H]1C(N)=O)c1csc(N)n1)C(=O)O. The third-order valence-corrected chi connectivity index (χ3v) is 5.32. The topological polar surface area (TPSA) is 245 Å². The number of thiazole rings is 1. The Morgan fingerprint density at radius 3 is 2.43 bits per heavy atom. The molecule has 30 heavy (non-hydrogen) atoms. The highest BCUT2D eigenvalue weighted by Gasteiger charge is 2.57. The molecule has 0 bridgehead atoms. The minimum atomic E-state index is -5.10. The normalized spacial score (nSPS) is 19.8. The van der Waals surface area contributed by atoms with E-state index in [0.717, 1.165) is 25.2 Å². The van der Waals surface area contributed by atoms with Gasteiger partial charge in [-0.1, -0.05) is 5.16 Å². The van der Waals surface area contributed by atoms with E-state index in [0.29, 0.717) is 0 Å². The Bertz CT molecular complexity index is 1050. The van der Waals surface area contributed by atoms with Crippen LogP contribution in [0.4, 0.5) is 5.13 Å². The standard InChI is InChI=1S/C13H16N6O9S2/c1-13(2,11(23)24)28-18-5(4-3-29-12(15)16-4)9(21)17-6-7(8(14)20)19(10(6)22)30(25,26)27/h3,6-7H,1-2H3,(H2,14,20)(H2,15,16)(H,17,21)(H,23,24)(H,25,26,27)/t6-,7-/m0/s1. The highest BCUT2D eigenvalue weighted by atomic mass is 32.2. The first-order valence-corrected chi connectivity index (χ1v) is 10.1. The Labute approximate surface area is 172 Å². The molecule has 0 aromatic carbocycles. The van der Waals surface area contributed by atoms with Crippen LogP contribution in [0.2, 0.25) is 0 Å². The number of primary amides is 1. The molecule has 0 unspecified atom stereocenters. The van der Waals surface area contributed by atoms with Crippen LogP contribution in [0, 0.1) is 0 Å². The average Bonchev–Trinajstić information content (AvgIpc) is 3.01. The quantitative estimate of drug-likeness (QED) is 0.114. The molecule has 1 aromatic rings. The molecule has 15 nitrogen and oxygen atoms in total. The Kier molecular flexibility index (Phi) is 6.00. The van der Waals surface area contributed by atoms with Crippen LogP contribution in [-0.2, 0) is 34.3 Å². The summed E-state index contributed by atoms with van der Waals surface area (Å²) in [6.45, 7) is 2.29. The number of rotatable bonds is 8. The van der Waals surface area contributed by atoms with Crippen molar-refractivity contribution in [2.45, 2.75) is 31.5 Å². The van der Waals surface area contributed by atoms with Crippen LogP contribution in [0.5, 0.6) is 0 Å². The molecule has 0 spiro atoms. The Balaban J connectivity index is 2.34. The van der Waals surface area contributed by atoms with E-state index < -0.39 is 57.4 Å². The monoisotopic (exact) mass is 464 g/mol. The number of carbonyl (C=O) groups excluding carboxylic acids is 3. The van der Waals surface area contributed by atoms with Gasteiger partial charge in [-0.25, -0.2) is 9.78 Å². The Morgan fingerprint density at radius 2 is 2.00 bits per heavy atom. The minimum absolute atomic E-state index is 0.0234. The summed E-state index contributed by atoms with van der Waals surface area (Å²) in [7, 11) is -5.10. The van der Waals surface area contributed by atoms with Crippen LogP contribution in [0.25, 0.3) is 0 Å². The molecular weight excluding hydrogens is 448 g/mol. The van der Waals surface area contributed by atoms with Crippen molar-refractivity contribution < 1.29 is 42.1 Å². The largest absolute Gasteiger partial charge is 0.478 e. The predicted molar refractivity (Wildman–Crippen MR) is 99.2 cm³/mol. The van der Waals surface area contributed by atoms with Gasteiger partial charge in [0.15, 0.2) is 16.9 Å². The number of β-lactam (4-membered cyclic amide) rings is 1. The first kappa shape index (κ1) is 23.0. The van der Waals surface area contributed by atoms with Crippen molar-refractivity contribution in [2.24, 2.45) is 10.9 Å². The van der Waals surface area contributed by atoms with E-state index >= 15 is 0 Å². The minimum Gasteiger partial charge on any atom is -0.478 e. The molecule has 1 saturated heterocycles. The second kappa shape index (κ2) is 7.84. The second-order valence-corrected chi connectivity index (χ2v) is 8.51. The molecule has 1 aromatic heterocycles. The third kappa shape index (κ3) is 4.47. The number of amides is 3. The number of hydrogen-bond acceptors (Lipinski definition) is 11. The number of carboxylic acids is 1. The van der Waals surface area contributed by atoms with E-state index in [4.69, 9.17) is 26.0 Å². The van der Waals surface area contributed by atoms with Crippen LogP contribution in [0.1, 0.15) is 19.5 Å². The van der Waals surface area contributed by atoms with Gasteiger partial charge >= 0.3 is 16.3 Å². The maximum atomic E-state index is 12.6. The molecule has 2 rings (SSSR count). The number of carbonyl (C=O) groups is 4. The maximum absolute atomic E-state index is 12.6. The summed E-state index contributed by atoms with van der Waals surface area (Å²) in [5.74, 6) is -5.24. The number of nitrogens with two attached hydrogens (primary N) is 2. The van der Waals surface area contributed by atoms with Gasteiger partial charge in [0.05, 0.1) is 0 Å². The summed E-state index contributed by atoms with van der Waals surface area (Å²) in [5, 5.41) is 15.9. The fourth-order valence-electron chi connectivity index (χ4n) is 2.15. The van der Waals surface area contributed by atoms with Crippen molar-refractivity contribution in [1.29, 1.82) is 0 Å². The molecular formula is C13H16N6O9S2. The number of carboxylic acid groups (broad SMARTS) is 1. The molecule has 17 heteroatoms. The van der Waals surface area contributed by atoms with Crippen LogP contribution >= 0.6 is 11.3 Å². The molecule has 7 N–H and O–H groups in total. The van der Waals surface area contributed by atoms with Gasteiger partial charge in [-0.15, -0.1) is 11.3 Å². The summed E-state index contributed by atoms with van der Waals surface area (Å²) in [6, 6.07) is -3.64. The zero-order chi connectivity index (χ0) is 23.0. The summed E-state index contributed by atoms with van der Waals surface area (Å²) < 4.78 is 31.3. The lowest BCUT2D eigenvalue weighted by Gasteiger charge is -2.41. The number of aliphatic carboxylic acids is 1. The van der Waals surface area contributed by atoms with Crippen molar-refractivity contribution in [2.75, 3.05) is 5.73 Å². The predicted octanol–water partition coefficient (Wildman–Crippen LogP) is -2.71. The van der Waals surface area contributed by atoms with Crippen LogP contribution < -0.4 is 16.8 Å². The Hall–Kier alpha value is -3.31. The van der Waals surface area contributed by atoms with Gasteiger partial charge in [0.2, 0.25) is 11.5 Å². The fraction of sp³-hybridized carbons (Fsp3) is 0.385. The van der Waals surface area contributed by atoms with Crippen molar-refractivity contribution in [3.63, 3.8) is 0 Å². The van der Waals surface area contributed by atoms with Gasteiger partial charge in [0.25, 0.3) is 11.8 Å². The smallest absolute Gasteiger partial charge is 0.363 e. The van der Waals surface area contributed by atoms with Gasteiger partial charge in [0, 0.05) is 5.38 Å². The molecule has 2 heterocycles.